The number of rotatable bonds is 5. The fourth-order valence-corrected chi connectivity index (χ4v) is 1.61. The van der Waals surface area contributed by atoms with Crippen molar-refractivity contribution in [3.05, 3.63) is 29.8 Å². The van der Waals surface area contributed by atoms with Crippen LogP contribution in [0, 0.1) is 0 Å². The van der Waals surface area contributed by atoms with E-state index in [0.717, 1.165) is 0 Å². The van der Waals surface area contributed by atoms with Crippen molar-refractivity contribution < 1.29 is 19.1 Å². The monoisotopic (exact) mass is 298 g/mol. The van der Waals surface area contributed by atoms with E-state index in [4.69, 9.17) is 21.1 Å². The minimum absolute atomic E-state index is 0.202. The standard InChI is InChI=1S/C13H15ClN2O4/c1-4-5-15-12(17)13(18)16-9-7-10(19-2)8(14)6-11(9)20-3/h4,6-7H,1,5H2,2-3H3,(H,15,17)(H,16,18). The summed E-state index contributed by atoms with van der Waals surface area (Å²) in [6, 6.07) is 2.96. The first-order valence-corrected chi connectivity index (χ1v) is 6.02. The van der Waals surface area contributed by atoms with Crippen molar-refractivity contribution in [2.45, 2.75) is 0 Å². The Morgan fingerprint density at radius 1 is 1.25 bits per heavy atom. The van der Waals surface area contributed by atoms with Crippen LogP contribution >= 0.6 is 11.6 Å². The van der Waals surface area contributed by atoms with Gasteiger partial charge in [0.25, 0.3) is 0 Å². The molecule has 2 N–H and O–H groups in total. The first-order valence-electron chi connectivity index (χ1n) is 5.65. The van der Waals surface area contributed by atoms with Crippen LogP contribution in [0.3, 0.4) is 0 Å². The van der Waals surface area contributed by atoms with Gasteiger partial charge in [-0.25, -0.2) is 0 Å². The van der Waals surface area contributed by atoms with E-state index in [1.54, 1.807) is 0 Å². The maximum atomic E-state index is 11.7. The number of halogens is 1. The zero-order valence-electron chi connectivity index (χ0n) is 11.2. The number of nitrogens with one attached hydrogen (secondary N) is 2. The summed E-state index contributed by atoms with van der Waals surface area (Å²) in [5.74, 6) is -0.926. The van der Waals surface area contributed by atoms with Crippen molar-refractivity contribution in [3.63, 3.8) is 0 Å². The number of amides is 2. The summed E-state index contributed by atoms with van der Waals surface area (Å²) in [5.41, 5.74) is 0.285. The van der Waals surface area contributed by atoms with Gasteiger partial charge in [-0.2, -0.15) is 0 Å². The van der Waals surface area contributed by atoms with E-state index in [2.05, 4.69) is 17.2 Å². The van der Waals surface area contributed by atoms with E-state index in [-0.39, 0.29) is 12.2 Å². The molecule has 0 bridgehead atoms. The van der Waals surface area contributed by atoms with Crippen LogP contribution in [0.1, 0.15) is 0 Å². The third kappa shape index (κ3) is 3.89. The molecule has 0 spiro atoms. The van der Waals surface area contributed by atoms with Gasteiger partial charge in [0.2, 0.25) is 0 Å². The first kappa shape index (κ1) is 15.8. The average molecular weight is 299 g/mol. The average Bonchev–Trinajstić information content (AvgIpc) is 2.45. The van der Waals surface area contributed by atoms with Crippen LogP contribution in [-0.2, 0) is 9.59 Å². The number of methoxy groups -OCH3 is 2. The van der Waals surface area contributed by atoms with Crippen molar-refractivity contribution in [3.8, 4) is 11.5 Å². The maximum absolute atomic E-state index is 11.7. The Kier molecular flexibility index (Phi) is 5.86. The van der Waals surface area contributed by atoms with Crippen LogP contribution in [0.4, 0.5) is 5.69 Å². The maximum Gasteiger partial charge on any atom is 0.313 e. The Labute approximate surface area is 121 Å². The number of carbonyl (C=O) groups is 2. The molecule has 0 heterocycles. The molecule has 1 rings (SSSR count). The summed E-state index contributed by atoms with van der Waals surface area (Å²) >= 11 is 5.94. The summed E-state index contributed by atoms with van der Waals surface area (Å²) in [7, 11) is 2.86. The van der Waals surface area contributed by atoms with Crippen LogP contribution in [-0.4, -0.2) is 32.6 Å². The normalized spacial score (nSPS) is 9.55. The highest BCUT2D eigenvalue weighted by molar-refractivity contribution is 6.40. The highest BCUT2D eigenvalue weighted by Crippen LogP contribution is 2.35. The minimum atomic E-state index is -0.825. The molecule has 6 nitrogen and oxygen atoms in total. The van der Waals surface area contributed by atoms with Gasteiger partial charge >= 0.3 is 11.8 Å². The van der Waals surface area contributed by atoms with Crippen LogP contribution in [0.2, 0.25) is 5.02 Å². The van der Waals surface area contributed by atoms with Crippen LogP contribution < -0.4 is 20.1 Å². The van der Waals surface area contributed by atoms with Crippen LogP contribution in [0.5, 0.6) is 11.5 Å². The van der Waals surface area contributed by atoms with Gasteiger partial charge in [0, 0.05) is 18.7 Å². The molecular weight excluding hydrogens is 284 g/mol. The highest BCUT2D eigenvalue weighted by Gasteiger charge is 2.17. The van der Waals surface area contributed by atoms with E-state index in [1.165, 1.54) is 32.4 Å². The summed E-state index contributed by atoms with van der Waals surface area (Å²) in [6.45, 7) is 3.64. The second-order valence-corrected chi connectivity index (χ2v) is 4.05. The number of hydrogen-bond acceptors (Lipinski definition) is 4. The Balaban J connectivity index is 2.93. The van der Waals surface area contributed by atoms with Crippen molar-refractivity contribution >= 4 is 29.1 Å². The van der Waals surface area contributed by atoms with Crippen LogP contribution in [0.25, 0.3) is 0 Å². The first-order chi connectivity index (χ1) is 9.53. The molecule has 1 aromatic carbocycles. The van der Waals surface area contributed by atoms with Gasteiger partial charge in [0.15, 0.2) is 0 Å². The number of ether oxygens (including phenoxy) is 2. The molecule has 0 aromatic heterocycles. The molecule has 0 saturated carbocycles. The molecule has 2 amide bonds. The number of carbonyl (C=O) groups excluding carboxylic acids is 2. The Morgan fingerprint density at radius 3 is 2.45 bits per heavy atom. The summed E-state index contributed by atoms with van der Waals surface area (Å²) in [5, 5.41) is 5.12. The Morgan fingerprint density at radius 2 is 1.90 bits per heavy atom. The Bertz CT molecular complexity index is 531. The molecule has 0 fully saturated rings. The third-order valence-corrected chi connectivity index (χ3v) is 2.63. The van der Waals surface area contributed by atoms with E-state index in [0.29, 0.717) is 16.5 Å². The molecule has 7 heteroatoms. The second kappa shape index (κ2) is 7.40. The van der Waals surface area contributed by atoms with Gasteiger partial charge in [0.1, 0.15) is 11.5 Å². The number of benzene rings is 1. The van der Waals surface area contributed by atoms with Crippen molar-refractivity contribution in [2.75, 3.05) is 26.1 Å². The minimum Gasteiger partial charge on any atom is -0.495 e. The number of hydrogen-bond donors (Lipinski definition) is 2. The summed E-state index contributed by atoms with van der Waals surface area (Å²) in [6.07, 6.45) is 1.47. The smallest absolute Gasteiger partial charge is 0.313 e. The Hall–Kier alpha value is -2.21. The van der Waals surface area contributed by atoms with Gasteiger partial charge in [-0.1, -0.05) is 17.7 Å². The van der Waals surface area contributed by atoms with E-state index in [9.17, 15) is 9.59 Å². The molecule has 0 aliphatic rings. The summed E-state index contributed by atoms with van der Waals surface area (Å²) in [4.78, 5) is 23.1. The molecule has 0 aliphatic heterocycles. The fraction of sp³-hybridized carbons (Fsp3) is 0.231. The zero-order chi connectivity index (χ0) is 15.1. The molecule has 20 heavy (non-hydrogen) atoms. The predicted octanol–water partition coefficient (Wildman–Crippen LogP) is 1.60. The van der Waals surface area contributed by atoms with Gasteiger partial charge < -0.3 is 20.1 Å². The lowest BCUT2D eigenvalue weighted by Crippen LogP contribution is -2.35. The lowest BCUT2D eigenvalue weighted by molar-refractivity contribution is -0.136. The molecule has 0 saturated heterocycles. The van der Waals surface area contributed by atoms with Gasteiger partial charge in [-0.15, -0.1) is 6.58 Å². The van der Waals surface area contributed by atoms with Gasteiger partial charge in [0.05, 0.1) is 24.9 Å². The molecule has 0 atom stereocenters. The predicted molar refractivity (Wildman–Crippen MR) is 76.4 cm³/mol. The van der Waals surface area contributed by atoms with E-state index < -0.39 is 11.8 Å². The second-order valence-electron chi connectivity index (χ2n) is 3.64. The lowest BCUT2D eigenvalue weighted by Gasteiger charge is -2.12. The molecule has 0 unspecified atom stereocenters. The lowest BCUT2D eigenvalue weighted by atomic mass is 10.2. The molecule has 108 valence electrons. The van der Waals surface area contributed by atoms with Crippen molar-refractivity contribution in [1.82, 2.24) is 5.32 Å². The molecule has 0 aliphatic carbocycles. The fourth-order valence-electron chi connectivity index (χ4n) is 1.38. The highest BCUT2D eigenvalue weighted by atomic mass is 35.5. The van der Waals surface area contributed by atoms with Gasteiger partial charge in [-0.05, 0) is 0 Å². The molecule has 1 aromatic rings. The van der Waals surface area contributed by atoms with E-state index >= 15 is 0 Å². The zero-order valence-corrected chi connectivity index (χ0v) is 11.9. The topological polar surface area (TPSA) is 76.7 Å². The largest absolute Gasteiger partial charge is 0.495 e. The van der Waals surface area contributed by atoms with Crippen molar-refractivity contribution in [2.24, 2.45) is 0 Å². The van der Waals surface area contributed by atoms with Gasteiger partial charge in [-0.3, -0.25) is 9.59 Å². The third-order valence-electron chi connectivity index (χ3n) is 2.34. The SMILES string of the molecule is C=CCNC(=O)C(=O)Nc1cc(OC)c(Cl)cc1OC. The van der Waals surface area contributed by atoms with Crippen LogP contribution in [0.15, 0.2) is 24.8 Å². The number of anilines is 1. The van der Waals surface area contributed by atoms with Crippen molar-refractivity contribution in [1.29, 1.82) is 0 Å². The molecule has 0 radical (unpaired) electrons. The quantitative estimate of drug-likeness (QED) is 0.639. The van der Waals surface area contributed by atoms with E-state index in [1.807, 2.05) is 0 Å². The summed E-state index contributed by atoms with van der Waals surface area (Å²) < 4.78 is 10.1. The molecular formula is C13H15ClN2O4.